The van der Waals surface area contributed by atoms with E-state index in [1.165, 1.54) is 0 Å². The summed E-state index contributed by atoms with van der Waals surface area (Å²) in [5, 5.41) is 9.04. The Morgan fingerprint density at radius 1 is 1.00 bits per heavy atom. The van der Waals surface area contributed by atoms with Gasteiger partial charge in [0.1, 0.15) is 17.1 Å². The largest absolute Gasteiger partial charge is 0.496 e. The van der Waals surface area contributed by atoms with E-state index in [2.05, 4.69) is 10.9 Å². The molecular weight excluding hydrogens is 574 g/mol. The van der Waals surface area contributed by atoms with Crippen molar-refractivity contribution in [3.8, 4) is 11.5 Å². The Morgan fingerprint density at radius 2 is 1.71 bits per heavy atom. The van der Waals surface area contributed by atoms with E-state index in [9.17, 15) is 9.59 Å². The van der Waals surface area contributed by atoms with Crippen molar-refractivity contribution < 1.29 is 33.6 Å². The minimum absolute atomic E-state index is 0.0480. The van der Waals surface area contributed by atoms with Gasteiger partial charge in [0.25, 0.3) is 5.91 Å². The fourth-order valence-corrected chi connectivity index (χ4v) is 5.04. The molecule has 0 aliphatic carbocycles. The van der Waals surface area contributed by atoms with E-state index in [0.29, 0.717) is 37.3 Å². The predicted octanol–water partition coefficient (Wildman–Crippen LogP) is 4.70. The summed E-state index contributed by atoms with van der Waals surface area (Å²) in [7, 11) is 1.62. The highest BCUT2D eigenvalue weighted by Gasteiger charge is 2.53. The number of aliphatic imine (C=N–C) groups is 1. The van der Waals surface area contributed by atoms with Crippen LogP contribution >= 0.6 is 0 Å². The molecule has 0 aromatic heterocycles. The molecule has 10 heteroatoms. The smallest absolute Gasteiger partial charge is 0.306 e. The lowest BCUT2D eigenvalue weighted by Gasteiger charge is -2.31. The number of nitrogens with one attached hydrogen (secondary N) is 2. The van der Waals surface area contributed by atoms with Gasteiger partial charge < -0.3 is 24.1 Å². The second-order valence-corrected chi connectivity index (χ2v) is 11.7. The highest BCUT2D eigenvalue weighted by molar-refractivity contribution is 6.01. The Labute approximate surface area is 264 Å². The molecule has 0 saturated heterocycles. The SMILES string of the molecule is COc1ccccc1CCNNC(=O)[C@@]1(CCC(=O)OC(C)(C)C)N=C(c2ccc(OCCCO)cc2)O[C@H]1c1ccccc1. The second kappa shape index (κ2) is 15.5. The van der Waals surface area contributed by atoms with Gasteiger partial charge in [-0.1, -0.05) is 48.5 Å². The lowest BCUT2D eigenvalue weighted by atomic mass is 9.83. The lowest BCUT2D eigenvalue weighted by Crippen LogP contribution is -2.53. The average Bonchev–Trinajstić information content (AvgIpc) is 3.43. The number of ether oxygens (including phenoxy) is 4. The molecule has 3 aromatic rings. The maximum Gasteiger partial charge on any atom is 0.306 e. The lowest BCUT2D eigenvalue weighted by molar-refractivity contribution is -0.155. The van der Waals surface area contributed by atoms with Gasteiger partial charge in [0, 0.05) is 31.6 Å². The molecule has 2 atom stereocenters. The Hall–Kier alpha value is -4.41. The van der Waals surface area contributed by atoms with E-state index in [-0.39, 0.29) is 25.3 Å². The van der Waals surface area contributed by atoms with E-state index in [0.717, 1.165) is 16.9 Å². The van der Waals surface area contributed by atoms with Crippen molar-refractivity contribution >= 4 is 17.8 Å². The molecule has 240 valence electrons. The van der Waals surface area contributed by atoms with E-state index in [4.69, 9.17) is 29.0 Å². The summed E-state index contributed by atoms with van der Waals surface area (Å²) in [6.07, 6.45) is 0.321. The zero-order chi connectivity index (χ0) is 32.3. The number of esters is 1. The van der Waals surface area contributed by atoms with Gasteiger partial charge in [-0.15, -0.1) is 0 Å². The number of amides is 1. The van der Waals surface area contributed by atoms with Crippen LogP contribution in [0.4, 0.5) is 0 Å². The molecule has 1 aliphatic heterocycles. The van der Waals surface area contributed by atoms with Crippen LogP contribution in [0.2, 0.25) is 0 Å². The van der Waals surface area contributed by atoms with Crippen LogP contribution in [0.5, 0.6) is 11.5 Å². The van der Waals surface area contributed by atoms with Crippen LogP contribution in [-0.2, 0) is 25.5 Å². The molecule has 0 radical (unpaired) electrons. The molecule has 45 heavy (non-hydrogen) atoms. The van der Waals surface area contributed by atoms with Crippen LogP contribution in [0.15, 0.2) is 83.9 Å². The van der Waals surface area contributed by atoms with Crippen LogP contribution in [0.3, 0.4) is 0 Å². The predicted molar refractivity (Wildman–Crippen MR) is 171 cm³/mol. The Kier molecular flexibility index (Phi) is 11.6. The van der Waals surface area contributed by atoms with Gasteiger partial charge in [0.05, 0.1) is 13.7 Å². The van der Waals surface area contributed by atoms with Gasteiger partial charge >= 0.3 is 5.97 Å². The van der Waals surface area contributed by atoms with Gasteiger partial charge in [-0.2, -0.15) is 0 Å². The molecule has 1 amide bonds. The molecule has 1 heterocycles. The van der Waals surface area contributed by atoms with Crippen LogP contribution in [0.1, 0.15) is 62.8 Å². The van der Waals surface area contributed by atoms with Crippen LogP contribution < -0.4 is 20.3 Å². The number of para-hydroxylation sites is 1. The number of carbonyl (C=O) groups excluding carboxylic acids is 2. The molecule has 0 unspecified atom stereocenters. The van der Waals surface area contributed by atoms with Crippen molar-refractivity contribution in [2.75, 3.05) is 26.9 Å². The molecule has 0 bridgehead atoms. The maximum absolute atomic E-state index is 14.2. The zero-order valence-corrected chi connectivity index (χ0v) is 26.4. The van der Waals surface area contributed by atoms with E-state index < -0.39 is 29.1 Å². The maximum atomic E-state index is 14.2. The Balaban J connectivity index is 1.62. The molecule has 1 aliphatic rings. The van der Waals surface area contributed by atoms with Crippen molar-refractivity contribution in [1.82, 2.24) is 10.9 Å². The number of methoxy groups -OCH3 is 1. The Bertz CT molecular complexity index is 1440. The first kappa shape index (κ1) is 33.5. The summed E-state index contributed by atoms with van der Waals surface area (Å²) in [6, 6.07) is 24.3. The van der Waals surface area contributed by atoms with Crippen molar-refractivity contribution in [2.24, 2.45) is 4.99 Å². The summed E-state index contributed by atoms with van der Waals surface area (Å²) in [5.74, 6) is 0.821. The van der Waals surface area contributed by atoms with Crippen molar-refractivity contribution in [3.05, 3.63) is 95.6 Å². The van der Waals surface area contributed by atoms with Crippen molar-refractivity contribution in [2.45, 2.75) is 63.7 Å². The number of aliphatic hydroxyl groups is 1. The summed E-state index contributed by atoms with van der Waals surface area (Å²) in [4.78, 5) is 32.0. The van der Waals surface area contributed by atoms with Crippen LogP contribution in [-0.4, -0.2) is 60.9 Å². The van der Waals surface area contributed by atoms with Gasteiger partial charge in [-0.05, 0) is 75.1 Å². The molecule has 10 nitrogen and oxygen atoms in total. The number of nitrogens with zero attached hydrogens (tertiary/aromatic N) is 1. The number of hydrazine groups is 1. The third-order valence-electron chi connectivity index (χ3n) is 7.18. The fourth-order valence-electron chi connectivity index (χ4n) is 5.04. The van der Waals surface area contributed by atoms with Gasteiger partial charge in [0.2, 0.25) is 5.90 Å². The number of hydrogen-bond acceptors (Lipinski definition) is 9. The third-order valence-corrected chi connectivity index (χ3v) is 7.18. The number of benzene rings is 3. The molecular formula is C35H43N3O7. The first-order valence-electron chi connectivity index (χ1n) is 15.2. The highest BCUT2D eigenvalue weighted by Crippen LogP contribution is 2.43. The summed E-state index contributed by atoms with van der Waals surface area (Å²) >= 11 is 0. The summed E-state index contributed by atoms with van der Waals surface area (Å²) in [6.45, 7) is 6.28. The minimum atomic E-state index is -1.48. The van der Waals surface area contributed by atoms with E-state index >= 15 is 0 Å². The van der Waals surface area contributed by atoms with Gasteiger partial charge in [-0.25, -0.2) is 10.4 Å². The molecule has 4 rings (SSSR count). The van der Waals surface area contributed by atoms with E-state index in [1.807, 2.05) is 66.7 Å². The molecule has 0 fully saturated rings. The summed E-state index contributed by atoms with van der Waals surface area (Å²) in [5.41, 5.74) is 6.12. The van der Waals surface area contributed by atoms with Crippen molar-refractivity contribution in [1.29, 1.82) is 0 Å². The standard InChI is InChI=1S/C35H43N3O7/c1-34(2,3)45-30(40)19-21-35(33(41)38-36-22-20-25-11-8-9-14-29(25)42-4)31(26-12-6-5-7-13-26)44-32(37-35)27-15-17-28(18-16-27)43-24-10-23-39/h5-9,11-18,31,36,39H,10,19-24H2,1-4H3,(H,38,41)/t31-,35-/m0/s1. The topological polar surface area (TPSA) is 128 Å². The number of aliphatic hydroxyl groups excluding tert-OH is 1. The summed E-state index contributed by atoms with van der Waals surface area (Å²) < 4.78 is 23.2. The number of carbonyl (C=O) groups is 2. The third kappa shape index (κ3) is 9.06. The monoisotopic (exact) mass is 617 g/mol. The second-order valence-electron chi connectivity index (χ2n) is 11.7. The normalized spacial score (nSPS) is 17.6. The first-order valence-corrected chi connectivity index (χ1v) is 15.2. The quantitative estimate of drug-likeness (QED) is 0.127. The Morgan fingerprint density at radius 3 is 2.40 bits per heavy atom. The molecule has 0 spiro atoms. The highest BCUT2D eigenvalue weighted by atomic mass is 16.6. The number of hydrogen-bond donors (Lipinski definition) is 3. The van der Waals surface area contributed by atoms with Crippen molar-refractivity contribution in [3.63, 3.8) is 0 Å². The van der Waals surface area contributed by atoms with Crippen LogP contribution in [0.25, 0.3) is 0 Å². The van der Waals surface area contributed by atoms with Gasteiger partial charge in [-0.3, -0.25) is 15.0 Å². The molecule has 3 aromatic carbocycles. The number of rotatable bonds is 15. The first-order chi connectivity index (χ1) is 21.6. The van der Waals surface area contributed by atoms with Crippen LogP contribution in [0, 0.1) is 0 Å². The average molecular weight is 618 g/mol. The minimum Gasteiger partial charge on any atom is -0.496 e. The molecule has 0 saturated carbocycles. The van der Waals surface area contributed by atoms with E-state index in [1.54, 1.807) is 40.0 Å². The zero-order valence-electron chi connectivity index (χ0n) is 26.4. The molecule has 3 N–H and O–H groups in total. The van der Waals surface area contributed by atoms with Gasteiger partial charge in [0.15, 0.2) is 11.6 Å². The fraction of sp³-hybridized carbons (Fsp3) is 0.400.